The van der Waals surface area contributed by atoms with Crippen molar-refractivity contribution in [1.82, 2.24) is 10.3 Å². The van der Waals surface area contributed by atoms with E-state index in [2.05, 4.69) is 54.5 Å². The van der Waals surface area contributed by atoms with Crippen molar-refractivity contribution in [3.8, 4) is 0 Å². The number of hydrogen-bond donors (Lipinski definition) is 1. The lowest BCUT2D eigenvalue weighted by Gasteiger charge is -2.15. The minimum atomic E-state index is 0.383. The van der Waals surface area contributed by atoms with Gasteiger partial charge in [0.05, 0.1) is 5.01 Å². The molecule has 0 aliphatic carbocycles. The van der Waals surface area contributed by atoms with Gasteiger partial charge in [-0.25, -0.2) is 4.98 Å². The standard InChI is InChI=1S/C14H18N2S/c1-3-15-13(14-10-16-11(2)17-14)9-12-7-5-4-6-8-12/h4-8,10,13,15H,3,9H2,1-2H3. The van der Waals surface area contributed by atoms with Gasteiger partial charge in [0.25, 0.3) is 0 Å². The first-order valence-corrected chi connectivity index (χ1v) is 6.81. The Morgan fingerprint density at radius 2 is 2.06 bits per heavy atom. The first kappa shape index (κ1) is 12.3. The van der Waals surface area contributed by atoms with Crippen molar-refractivity contribution >= 4 is 11.3 Å². The summed E-state index contributed by atoms with van der Waals surface area (Å²) in [4.78, 5) is 5.67. The molecule has 0 fully saturated rings. The first-order valence-electron chi connectivity index (χ1n) is 5.99. The van der Waals surface area contributed by atoms with Crippen molar-refractivity contribution in [3.63, 3.8) is 0 Å². The topological polar surface area (TPSA) is 24.9 Å². The Balaban J connectivity index is 2.13. The molecule has 0 bridgehead atoms. The molecule has 0 aliphatic rings. The number of thiazole rings is 1. The summed E-state index contributed by atoms with van der Waals surface area (Å²) in [5.41, 5.74) is 1.37. The number of benzene rings is 1. The first-order chi connectivity index (χ1) is 8.29. The van der Waals surface area contributed by atoms with E-state index in [1.165, 1.54) is 10.4 Å². The molecule has 2 rings (SSSR count). The molecule has 1 aromatic heterocycles. The molecule has 1 heterocycles. The van der Waals surface area contributed by atoms with Crippen LogP contribution < -0.4 is 5.32 Å². The van der Waals surface area contributed by atoms with Gasteiger partial charge < -0.3 is 5.32 Å². The summed E-state index contributed by atoms with van der Waals surface area (Å²) < 4.78 is 0. The van der Waals surface area contributed by atoms with E-state index in [1.54, 1.807) is 11.3 Å². The minimum absolute atomic E-state index is 0.383. The summed E-state index contributed by atoms with van der Waals surface area (Å²) in [5.74, 6) is 0. The van der Waals surface area contributed by atoms with Gasteiger partial charge in [-0.3, -0.25) is 0 Å². The van der Waals surface area contributed by atoms with Gasteiger partial charge >= 0.3 is 0 Å². The molecular weight excluding hydrogens is 228 g/mol. The molecule has 1 atom stereocenters. The number of aryl methyl sites for hydroxylation is 1. The van der Waals surface area contributed by atoms with E-state index in [4.69, 9.17) is 0 Å². The average Bonchev–Trinajstić information content (AvgIpc) is 2.77. The second-order valence-corrected chi connectivity index (χ2v) is 5.35. The molecule has 3 heteroatoms. The Labute approximate surface area is 107 Å². The van der Waals surface area contributed by atoms with E-state index in [-0.39, 0.29) is 0 Å². The normalized spacial score (nSPS) is 12.6. The van der Waals surface area contributed by atoms with Crippen molar-refractivity contribution in [2.45, 2.75) is 26.3 Å². The highest BCUT2D eigenvalue weighted by Gasteiger charge is 2.13. The Kier molecular flexibility index (Phi) is 4.29. The number of nitrogens with zero attached hydrogens (tertiary/aromatic N) is 1. The van der Waals surface area contributed by atoms with Crippen LogP contribution in [0.3, 0.4) is 0 Å². The van der Waals surface area contributed by atoms with Crippen LogP contribution in [-0.2, 0) is 6.42 Å². The van der Waals surface area contributed by atoms with Crippen LogP contribution in [-0.4, -0.2) is 11.5 Å². The maximum absolute atomic E-state index is 4.34. The summed E-state index contributed by atoms with van der Waals surface area (Å²) in [7, 11) is 0. The van der Waals surface area contributed by atoms with E-state index in [9.17, 15) is 0 Å². The van der Waals surface area contributed by atoms with Crippen LogP contribution in [0.5, 0.6) is 0 Å². The van der Waals surface area contributed by atoms with Crippen LogP contribution in [0.2, 0.25) is 0 Å². The highest BCUT2D eigenvalue weighted by atomic mass is 32.1. The summed E-state index contributed by atoms with van der Waals surface area (Å²) in [6.45, 7) is 5.18. The molecule has 1 aromatic carbocycles. The van der Waals surface area contributed by atoms with Gasteiger partial charge in [0, 0.05) is 17.1 Å². The zero-order chi connectivity index (χ0) is 12.1. The monoisotopic (exact) mass is 246 g/mol. The minimum Gasteiger partial charge on any atom is -0.309 e. The molecule has 90 valence electrons. The largest absolute Gasteiger partial charge is 0.309 e. The van der Waals surface area contributed by atoms with Crippen LogP contribution >= 0.6 is 11.3 Å². The third-order valence-corrected chi connectivity index (χ3v) is 3.74. The zero-order valence-corrected chi connectivity index (χ0v) is 11.1. The molecular formula is C14H18N2S. The lowest BCUT2D eigenvalue weighted by Crippen LogP contribution is -2.22. The van der Waals surface area contributed by atoms with Crippen LogP contribution in [0.4, 0.5) is 0 Å². The number of aromatic nitrogens is 1. The molecule has 1 N–H and O–H groups in total. The lowest BCUT2D eigenvalue weighted by atomic mass is 10.1. The molecule has 0 saturated carbocycles. The molecule has 0 radical (unpaired) electrons. The van der Waals surface area contributed by atoms with Crippen molar-refractivity contribution in [2.24, 2.45) is 0 Å². The lowest BCUT2D eigenvalue weighted by molar-refractivity contribution is 0.557. The highest BCUT2D eigenvalue weighted by Crippen LogP contribution is 2.23. The number of likely N-dealkylation sites (N-methyl/N-ethyl adjacent to an activating group) is 1. The Hall–Kier alpha value is -1.19. The van der Waals surface area contributed by atoms with Gasteiger partial charge in [0.2, 0.25) is 0 Å². The van der Waals surface area contributed by atoms with Crippen molar-refractivity contribution in [3.05, 3.63) is 52.0 Å². The van der Waals surface area contributed by atoms with Gasteiger partial charge in [-0.1, -0.05) is 37.3 Å². The van der Waals surface area contributed by atoms with E-state index in [0.29, 0.717) is 6.04 Å². The maximum Gasteiger partial charge on any atom is 0.0897 e. The predicted octanol–water partition coefficient (Wildman–Crippen LogP) is 3.34. The summed E-state index contributed by atoms with van der Waals surface area (Å²) >= 11 is 1.78. The third kappa shape index (κ3) is 3.38. The van der Waals surface area contributed by atoms with Gasteiger partial charge in [0.1, 0.15) is 0 Å². The second-order valence-electron chi connectivity index (χ2n) is 4.08. The van der Waals surface area contributed by atoms with Gasteiger partial charge in [0.15, 0.2) is 0 Å². The molecule has 0 spiro atoms. The number of rotatable bonds is 5. The van der Waals surface area contributed by atoms with E-state index < -0.39 is 0 Å². The maximum atomic E-state index is 4.34. The fourth-order valence-corrected chi connectivity index (χ4v) is 2.77. The van der Waals surface area contributed by atoms with Crippen LogP contribution in [0, 0.1) is 6.92 Å². The second kappa shape index (κ2) is 5.94. The molecule has 1 unspecified atom stereocenters. The van der Waals surface area contributed by atoms with Gasteiger partial charge in [-0.2, -0.15) is 0 Å². The van der Waals surface area contributed by atoms with Crippen LogP contribution in [0.15, 0.2) is 36.5 Å². The molecule has 2 nitrogen and oxygen atoms in total. The predicted molar refractivity (Wildman–Crippen MR) is 73.4 cm³/mol. The smallest absolute Gasteiger partial charge is 0.0897 e. The Morgan fingerprint density at radius 3 is 2.65 bits per heavy atom. The third-order valence-electron chi connectivity index (χ3n) is 2.72. The highest BCUT2D eigenvalue weighted by molar-refractivity contribution is 7.11. The van der Waals surface area contributed by atoms with Crippen LogP contribution in [0.25, 0.3) is 0 Å². The number of nitrogens with one attached hydrogen (secondary N) is 1. The van der Waals surface area contributed by atoms with E-state index in [1.807, 2.05) is 6.20 Å². The molecule has 0 amide bonds. The fourth-order valence-electron chi connectivity index (χ4n) is 1.91. The summed E-state index contributed by atoms with van der Waals surface area (Å²) in [6.07, 6.45) is 3.02. The molecule has 2 aromatic rings. The van der Waals surface area contributed by atoms with Crippen LogP contribution in [0.1, 0.15) is 28.4 Å². The molecule has 0 saturated heterocycles. The Bertz CT molecular complexity index is 450. The zero-order valence-electron chi connectivity index (χ0n) is 10.3. The molecule has 17 heavy (non-hydrogen) atoms. The van der Waals surface area contributed by atoms with Gasteiger partial charge in [-0.15, -0.1) is 11.3 Å². The van der Waals surface area contributed by atoms with E-state index in [0.717, 1.165) is 18.0 Å². The average molecular weight is 246 g/mol. The van der Waals surface area contributed by atoms with E-state index >= 15 is 0 Å². The quantitative estimate of drug-likeness (QED) is 0.875. The van der Waals surface area contributed by atoms with Crippen molar-refractivity contribution in [1.29, 1.82) is 0 Å². The van der Waals surface area contributed by atoms with Gasteiger partial charge in [-0.05, 0) is 25.5 Å². The van der Waals surface area contributed by atoms with Crippen molar-refractivity contribution < 1.29 is 0 Å². The SMILES string of the molecule is CCNC(Cc1ccccc1)c1cnc(C)s1. The fraction of sp³-hybridized carbons (Fsp3) is 0.357. The Morgan fingerprint density at radius 1 is 1.29 bits per heavy atom. The number of hydrogen-bond acceptors (Lipinski definition) is 3. The van der Waals surface area contributed by atoms with Crippen molar-refractivity contribution in [2.75, 3.05) is 6.54 Å². The molecule has 0 aliphatic heterocycles. The summed E-state index contributed by atoms with van der Waals surface area (Å²) in [5, 5.41) is 4.67. The summed E-state index contributed by atoms with van der Waals surface area (Å²) in [6, 6.07) is 11.0.